The Bertz CT molecular complexity index is 536. The van der Waals surface area contributed by atoms with Crippen molar-refractivity contribution in [3.8, 4) is 0 Å². The zero-order valence-electron chi connectivity index (χ0n) is 12.9. The Kier molecular flexibility index (Phi) is 5.79. The van der Waals surface area contributed by atoms with Crippen LogP contribution in [-0.2, 0) is 16.4 Å². The van der Waals surface area contributed by atoms with Gasteiger partial charge in [-0.1, -0.05) is 25.5 Å². The third-order valence-corrected chi connectivity index (χ3v) is 5.85. The van der Waals surface area contributed by atoms with Gasteiger partial charge in [-0.05, 0) is 62.9 Å². The first-order valence-electron chi connectivity index (χ1n) is 7.85. The van der Waals surface area contributed by atoms with E-state index in [4.69, 9.17) is 0 Å². The molecular weight excluding hydrogens is 284 g/mol. The minimum absolute atomic E-state index is 0.0252. The van der Waals surface area contributed by atoms with Crippen molar-refractivity contribution in [1.29, 1.82) is 0 Å². The Morgan fingerprint density at radius 2 is 1.90 bits per heavy atom. The molecule has 0 saturated heterocycles. The van der Waals surface area contributed by atoms with Gasteiger partial charge in [-0.25, -0.2) is 13.1 Å². The molecule has 21 heavy (non-hydrogen) atoms. The Labute approximate surface area is 128 Å². The van der Waals surface area contributed by atoms with E-state index in [-0.39, 0.29) is 6.04 Å². The summed E-state index contributed by atoms with van der Waals surface area (Å²) in [5, 5.41) is 3.26. The summed E-state index contributed by atoms with van der Waals surface area (Å²) in [6.07, 6.45) is 4.40. The van der Waals surface area contributed by atoms with Gasteiger partial charge in [0.05, 0.1) is 4.90 Å². The highest BCUT2D eigenvalue weighted by Gasteiger charge is 2.27. The van der Waals surface area contributed by atoms with Crippen LogP contribution in [0.3, 0.4) is 0 Å². The standard InChI is InChI=1S/C16H26N2O2S/c1-3-17-12-11-14-7-9-16(10-8-14)21(19,20)18-13(2)15-5-4-6-15/h7-10,13,15,17-18H,3-6,11-12H2,1-2H3. The van der Waals surface area contributed by atoms with E-state index in [9.17, 15) is 8.42 Å². The van der Waals surface area contributed by atoms with Crippen molar-refractivity contribution in [1.82, 2.24) is 10.0 Å². The lowest BCUT2D eigenvalue weighted by Gasteiger charge is -2.31. The van der Waals surface area contributed by atoms with Crippen LogP contribution in [0.1, 0.15) is 38.7 Å². The molecule has 1 atom stereocenters. The monoisotopic (exact) mass is 310 g/mol. The zero-order valence-corrected chi connectivity index (χ0v) is 13.7. The third kappa shape index (κ3) is 4.53. The van der Waals surface area contributed by atoms with Crippen LogP contribution in [0.15, 0.2) is 29.2 Å². The smallest absolute Gasteiger partial charge is 0.240 e. The Hall–Kier alpha value is -0.910. The molecule has 0 aliphatic heterocycles. The Morgan fingerprint density at radius 3 is 2.43 bits per heavy atom. The van der Waals surface area contributed by atoms with Crippen molar-refractivity contribution in [3.63, 3.8) is 0 Å². The highest BCUT2D eigenvalue weighted by molar-refractivity contribution is 7.89. The summed E-state index contributed by atoms with van der Waals surface area (Å²) in [7, 11) is -3.39. The Morgan fingerprint density at radius 1 is 1.24 bits per heavy atom. The molecule has 1 saturated carbocycles. The van der Waals surface area contributed by atoms with Gasteiger partial charge in [-0.2, -0.15) is 0 Å². The van der Waals surface area contributed by atoms with Crippen LogP contribution in [0, 0.1) is 5.92 Å². The first-order chi connectivity index (χ1) is 10.0. The molecule has 1 aromatic carbocycles. The van der Waals surface area contributed by atoms with Gasteiger partial charge in [0, 0.05) is 6.04 Å². The minimum Gasteiger partial charge on any atom is -0.317 e. The summed E-state index contributed by atoms with van der Waals surface area (Å²) < 4.78 is 27.5. The first-order valence-corrected chi connectivity index (χ1v) is 9.33. The molecule has 0 bridgehead atoms. The summed E-state index contributed by atoms with van der Waals surface area (Å²) >= 11 is 0. The van der Waals surface area contributed by atoms with E-state index >= 15 is 0 Å². The van der Waals surface area contributed by atoms with Gasteiger partial charge >= 0.3 is 0 Å². The van der Waals surface area contributed by atoms with Gasteiger partial charge < -0.3 is 5.32 Å². The lowest BCUT2D eigenvalue weighted by atomic mass is 9.81. The highest BCUT2D eigenvalue weighted by Crippen LogP contribution is 2.30. The second kappa shape index (κ2) is 7.38. The molecule has 1 aliphatic rings. The van der Waals surface area contributed by atoms with Crippen LogP contribution in [0.4, 0.5) is 0 Å². The predicted octanol–water partition coefficient (Wildman–Crippen LogP) is 2.31. The molecule has 4 nitrogen and oxygen atoms in total. The van der Waals surface area contributed by atoms with Crippen LogP contribution in [0.25, 0.3) is 0 Å². The van der Waals surface area contributed by atoms with Crippen LogP contribution in [0.5, 0.6) is 0 Å². The van der Waals surface area contributed by atoms with Gasteiger partial charge in [0.15, 0.2) is 0 Å². The number of nitrogens with one attached hydrogen (secondary N) is 2. The van der Waals surface area contributed by atoms with Crippen LogP contribution < -0.4 is 10.0 Å². The average molecular weight is 310 g/mol. The topological polar surface area (TPSA) is 58.2 Å². The summed E-state index contributed by atoms with van der Waals surface area (Å²) in [5.41, 5.74) is 1.15. The fraction of sp³-hybridized carbons (Fsp3) is 0.625. The molecule has 1 aliphatic carbocycles. The van der Waals surface area contributed by atoms with E-state index in [1.165, 1.54) is 6.42 Å². The molecule has 0 heterocycles. The molecule has 0 radical (unpaired) electrons. The van der Waals surface area contributed by atoms with E-state index in [1.807, 2.05) is 19.1 Å². The lowest BCUT2D eigenvalue weighted by molar-refractivity contribution is 0.260. The van der Waals surface area contributed by atoms with Crippen molar-refractivity contribution >= 4 is 10.0 Å². The third-order valence-electron chi connectivity index (χ3n) is 4.27. The van der Waals surface area contributed by atoms with Crippen molar-refractivity contribution in [2.75, 3.05) is 13.1 Å². The zero-order chi connectivity index (χ0) is 15.3. The van der Waals surface area contributed by atoms with Gasteiger partial charge in [0.1, 0.15) is 0 Å². The number of rotatable bonds is 8. The van der Waals surface area contributed by atoms with Crippen molar-refractivity contribution in [2.24, 2.45) is 5.92 Å². The van der Waals surface area contributed by atoms with E-state index < -0.39 is 10.0 Å². The molecule has 5 heteroatoms. The molecule has 118 valence electrons. The summed E-state index contributed by atoms with van der Waals surface area (Å²) in [4.78, 5) is 0.362. The maximum absolute atomic E-state index is 12.3. The fourth-order valence-electron chi connectivity index (χ4n) is 2.59. The lowest BCUT2D eigenvalue weighted by Crippen LogP contribution is -2.40. The van der Waals surface area contributed by atoms with E-state index in [0.717, 1.165) is 37.9 Å². The number of hydrogen-bond acceptors (Lipinski definition) is 3. The van der Waals surface area contributed by atoms with Gasteiger partial charge in [-0.3, -0.25) is 0 Å². The molecule has 1 aromatic rings. The summed E-state index contributed by atoms with van der Waals surface area (Å²) in [6.45, 7) is 5.91. The van der Waals surface area contributed by atoms with Crippen LogP contribution >= 0.6 is 0 Å². The van der Waals surface area contributed by atoms with Gasteiger partial charge in [-0.15, -0.1) is 0 Å². The van der Waals surface area contributed by atoms with E-state index in [0.29, 0.717) is 10.8 Å². The number of sulfonamides is 1. The van der Waals surface area contributed by atoms with E-state index in [2.05, 4.69) is 17.0 Å². The van der Waals surface area contributed by atoms with Crippen molar-refractivity contribution in [3.05, 3.63) is 29.8 Å². The fourth-order valence-corrected chi connectivity index (χ4v) is 3.91. The molecule has 1 unspecified atom stereocenters. The highest BCUT2D eigenvalue weighted by atomic mass is 32.2. The van der Waals surface area contributed by atoms with Crippen LogP contribution in [-0.4, -0.2) is 27.5 Å². The van der Waals surface area contributed by atoms with Gasteiger partial charge in [0.2, 0.25) is 10.0 Å². The molecule has 0 aromatic heterocycles. The number of benzene rings is 1. The van der Waals surface area contributed by atoms with E-state index in [1.54, 1.807) is 12.1 Å². The molecule has 1 fully saturated rings. The van der Waals surface area contributed by atoms with Gasteiger partial charge in [0.25, 0.3) is 0 Å². The second-order valence-electron chi connectivity index (χ2n) is 5.85. The van der Waals surface area contributed by atoms with Crippen molar-refractivity contribution < 1.29 is 8.42 Å². The summed E-state index contributed by atoms with van der Waals surface area (Å²) in [6, 6.07) is 7.24. The Balaban J connectivity index is 1.95. The van der Waals surface area contributed by atoms with Crippen LogP contribution in [0.2, 0.25) is 0 Å². The average Bonchev–Trinajstić information content (AvgIpc) is 2.37. The van der Waals surface area contributed by atoms with Crippen molar-refractivity contribution in [2.45, 2.75) is 50.5 Å². The maximum atomic E-state index is 12.3. The predicted molar refractivity (Wildman–Crippen MR) is 85.8 cm³/mol. The minimum atomic E-state index is -3.39. The first kappa shape index (κ1) is 16.5. The largest absolute Gasteiger partial charge is 0.317 e. The number of hydrogen-bond donors (Lipinski definition) is 2. The number of likely N-dealkylation sites (N-methyl/N-ethyl adjacent to an activating group) is 1. The maximum Gasteiger partial charge on any atom is 0.240 e. The molecule has 2 N–H and O–H groups in total. The molecule has 0 spiro atoms. The quantitative estimate of drug-likeness (QED) is 0.724. The molecule has 0 amide bonds. The molecular formula is C16H26N2O2S. The molecule has 2 rings (SSSR count). The second-order valence-corrected chi connectivity index (χ2v) is 7.56. The summed E-state index contributed by atoms with van der Waals surface area (Å²) in [5.74, 6) is 0.499. The SMILES string of the molecule is CCNCCc1ccc(S(=O)(=O)NC(C)C2CCC2)cc1. The normalized spacial score (nSPS) is 17.4.